The van der Waals surface area contributed by atoms with Crippen LogP contribution in [0.15, 0.2) is 0 Å². The van der Waals surface area contributed by atoms with Gasteiger partial charge >= 0.3 is 0 Å². The summed E-state index contributed by atoms with van der Waals surface area (Å²) in [5.74, 6) is 0. The maximum Gasteiger partial charge on any atom is 0.234 e. The van der Waals surface area contributed by atoms with Gasteiger partial charge in [0.2, 0.25) is 11.3 Å². The van der Waals surface area contributed by atoms with Crippen LogP contribution in [0, 0.1) is 0 Å². The predicted molar refractivity (Wildman–Crippen MR) is 53.6 cm³/mol. The molecule has 0 aromatic rings. The molecule has 2 N–H and O–H groups in total. The Kier molecular flexibility index (Phi) is 4.31. The van der Waals surface area contributed by atoms with Crippen molar-refractivity contribution in [2.75, 3.05) is 13.1 Å². The van der Waals surface area contributed by atoms with Crippen LogP contribution >= 0.6 is 0 Å². The average Bonchev–Trinajstić information content (AvgIpc) is 2.04. The first-order valence-corrected chi connectivity index (χ1v) is 5.78. The molecule has 0 amide bonds. The number of nitrogens with zero attached hydrogens (tertiary/aromatic N) is 1. The molecule has 1 aliphatic rings. The van der Waals surface area contributed by atoms with Crippen LogP contribution in [0.1, 0.15) is 26.7 Å². The van der Waals surface area contributed by atoms with Crippen LogP contribution in [0.5, 0.6) is 0 Å². The molecule has 0 spiro atoms. The smallest absolute Gasteiger partial charge is 0.234 e. The van der Waals surface area contributed by atoms with Crippen molar-refractivity contribution in [3.8, 4) is 0 Å². The van der Waals surface area contributed by atoms with Crippen molar-refractivity contribution in [2.24, 2.45) is 0 Å². The van der Waals surface area contributed by atoms with E-state index in [2.05, 4.69) is 19.2 Å². The minimum atomic E-state index is -1.77. The quantitative estimate of drug-likeness (QED) is 0.664. The van der Waals surface area contributed by atoms with E-state index in [9.17, 15) is 4.21 Å². The van der Waals surface area contributed by atoms with Crippen LogP contribution in [-0.4, -0.2) is 38.2 Å². The summed E-state index contributed by atoms with van der Waals surface area (Å²) in [5, 5.41) is 3.43. The first-order valence-electron chi connectivity index (χ1n) is 4.71. The Morgan fingerprint density at radius 2 is 2.00 bits per heavy atom. The summed E-state index contributed by atoms with van der Waals surface area (Å²) in [5.41, 5.74) is 0. The number of rotatable bonds is 3. The van der Waals surface area contributed by atoms with E-state index >= 15 is 0 Å². The fourth-order valence-electron chi connectivity index (χ4n) is 1.65. The van der Waals surface area contributed by atoms with Crippen molar-refractivity contribution < 1.29 is 8.76 Å². The number of hydrogen-bond acceptors (Lipinski definition) is 2. The highest BCUT2D eigenvalue weighted by molar-refractivity contribution is 7.76. The molecule has 0 aromatic heterocycles. The number of nitrogens with one attached hydrogen (secondary N) is 1. The molecule has 1 atom stereocenters. The topological polar surface area (TPSA) is 52.6 Å². The lowest BCUT2D eigenvalue weighted by atomic mass is 10.1. The van der Waals surface area contributed by atoms with Gasteiger partial charge in [0.15, 0.2) is 0 Å². The van der Waals surface area contributed by atoms with Crippen molar-refractivity contribution in [1.29, 1.82) is 0 Å². The highest BCUT2D eigenvalue weighted by Crippen LogP contribution is 2.11. The SMILES string of the molecule is CC(C)NC1CCN(S(=O)O)CC1. The Labute approximate surface area is 82.1 Å². The molecule has 0 aliphatic carbocycles. The standard InChI is InChI=1S/C8H18N2O2S/c1-7(2)9-8-3-5-10(6-4-8)13(11)12/h7-9H,3-6H2,1-2H3,(H,11,12). The summed E-state index contributed by atoms with van der Waals surface area (Å²) in [6.07, 6.45) is 1.93. The van der Waals surface area contributed by atoms with E-state index < -0.39 is 11.3 Å². The average molecular weight is 206 g/mol. The van der Waals surface area contributed by atoms with Gasteiger partial charge in [-0.3, -0.25) is 4.55 Å². The van der Waals surface area contributed by atoms with Crippen LogP contribution in [0.4, 0.5) is 0 Å². The zero-order valence-corrected chi connectivity index (χ0v) is 9.01. The summed E-state index contributed by atoms with van der Waals surface area (Å²) >= 11 is -1.77. The fraction of sp³-hybridized carbons (Fsp3) is 1.00. The molecule has 1 unspecified atom stereocenters. The maximum absolute atomic E-state index is 10.7. The summed E-state index contributed by atoms with van der Waals surface area (Å²) in [7, 11) is 0. The largest absolute Gasteiger partial charge is 0.312 e. The van der Waals surface area contributed by atoms with Crippen LogP contribution < -0.4 is 5.32 Å². The van der Waals surface area contributed by atoms with Gasteiger partial charge in [-0.1, -0.05) is 13.8 Å². The van der Waals surface area contributed by atoms with Gasteiger partial charge in [-0.05, 0) is 12.8 Å². The molecule has 1 heterocycles. The van der Waals surface area contributed by atoms with Crippen LogP contribution in [0.25, 0.3) is 0 Å². The normalized spacial score (nSPS) is 23.7. The van der Waals surface area contributed by atoms with E-state index in [1.807, 2.05) is 0 Å². The van der Waals surface area contributed by atoms with E-state index in [0.717, 1.165) is 12.8 Å². The van der Waals surface area contributed by atoms with Crippen LogP contribution in [0.2, 0.25) is 0 Å². The van der Waals surface area contributed by atoms with Crippen LogP contribution in [0.3, 0.4) is 0 Å². The third-order valence-electron chi connectivity index (χ3n) is 2.24. The highest BCUT2D eigenvalue weighted by atomic mass is 32.2. The van der Waals surface area contributed by atoms with Gasteiger partial charge in [0.05, 0.1) is 0 Å². The van der Waals surface area contributed by atoms with Crippen molar-refractivity contribution >= 4 is 11.3 Å². The van der Waals surface area contributed by atoms with Crippen molar-refractivity contribution in [1.82, 2.24) is 9.62 Å². The van der Waals surface area contributed by atoms with E-state index in [4.69, 9.17) is 4.55 Å². The van der Waals surface area contributed by atoms with E-state index in [1.54, 1.807) is 4.31 Å². The molecule has 5 heteroatoms. The second-order valence-electron chi connectivity index (χ2n) is 3.76. The highest BCUT2D eigenvalue weighted by Gasteiger charge is 2.21. The van der Waals surface area contributed by atoms with E-state index in [0.29, 0.717) is 25.2 Å². The lowest BCUT2D eigenvalue weighted by molar-refractivity contribution is 0.276. The second kappa shape index (κ2) is 5.05. The molecule has 4 nitrogen and oxygen atoms in total. The van der Waals surface area contributed by atoms with Gasteiger partial charge in [0.25, 0.3) is 0 Å². The molecule has 0 aromatic carbocycles. The lowest BCUT2D eigenvalue weighted by Crippen LogP contribution is -2.45. The summed E-state index contributed by atoms with van der Waals surface area (Å²) < 4.78 is 21.1. The molecule has 0 saturated carbocycles. The van der Waals surface area contributed by atoms with Gasteiger partial charge in [-0.25, -0.2) is 8.51 Å². The fourth-order valence-corrected chi connectivity index (χ4v) is 2.17. The molecule has 1 rings (SSSR count). The van der Waals surface area contributed by atoms with E-state index in [1.165, 1.54) is 0 Å². The molecule has 0 bridgehead atoms. The molecule has 1 aliphatic heterocycles. The van der Waals surface area contributed by atoms with E-state index in [-0.39, 0.29) is 0 Å². The zero-order valence-electron chi connectivity index (χ0n) is 8.19. The first-order chi connectivity index (χ1) is 6.09. The third-order valence-corrected chi connectivity index (χ3v) is 3.05. The van der Waals surface area contributed by atoms with Gasteiger partial charge in [0, 0.05) is 25.2 Å². The Bertz CT molecular complexity index is 179. The summed E-state index contributed by atoms with van der Waals surface area (Å²) in [6, 6.07) is 1.01. The molecule has 0 radical (unpaired) electrons. The van der Waals surface area contributed by atoms with Crippen molar-refractivity contribution in [3.05, 3.63) is 0 Å². The van der Waals surface area contributed by atoms with Gasteiger partial charge < -0.3 is 5.32 Å². The molecule has 1 fully saturated rings. The maximum atomic E-state index is 10.7. The minimum Gasteiger partial charge on any atom is -0.312 e. The Morgan fingerprint density at radius 3 is 2.38 bits per heavy atom. The van der Waals surface area contributed by atoms with Crippen LogP contribution in [-0.2, 0) is 11.3 Å². The minimum absolute atomic E-state index is 0.496. The Hall–Kier alpha value is 0.0300. The number of hydrogen-bond donors (Lipinski definition) is 2. The summed E-state index contributed by atoms with van der Waals surface area (Å²) in [6.45, 7) is 5.67. The monoisotopic (exact) mass is 206 g/mol. The lowest BCUT2D eigenvalue weighted by Gasteiger charge is -2.30. The third kappa shape index (κ3) is 3.72. The Morgan fingerprint density at radius 1 is 1.46 bits per heavy atom. The molecular formula is C8H18N2O2S. The molecule has 1 saturated heterocycles. The molecule has 13 heavy (non-hydrogen) atoms. The molecular weight excluding hydrogens is 188 g/mol. The first kappa shape index (κ1) is 11.1. The van der Waals surface area contributed by atoms with Gasteiger partial charge in [-0.2, -0.15) is 0 Å². The zero-order chi connectivity index (χ0) is 9.84. The van der Waals surface area contributed by atoms with Gasteiger partial charge in [-0.15, -0.1) is 0 Å². The van der Waals surface area contributed by atoms with Crippen molar-refractivity contribution in [3.63, 3.8) is 0 Å². The number of piperidine rings is 1. The second-order valence-corrected chi connectivity index (χ2v) is 4.73. The van der Waals surface area contributed by atoms with Gasteiger partial charge in [0.1, 0.15) is 0 Å². The summed E-state index contributed by atoms with van der Waals surface area (Å²) in [4.78, 5) is 0. The predicted octanol–water partition coefficient (Wildman–Crippen LogP) is 0.585. The van der Waals surface area contributed by atoms with Crippen molar-refractivity contribution in [2.45, 2.75) is 38.8 Å². The molecule has 78 valence electrons. The Balaban J connectivity index is 2.26.